The number of rotatable bonds is 4. The zero-order valence-electron chi connectivity index (χ0n) is 18.8. The van der Waals surface area contributed by atoms with Crippen LogP contribution in [0.5, 0.6) is 0 Å². The van der Waals surface area contributed by atoms with Crippen molar-refractivity contribution in [1.82, 2.24) is 19.5 Å². The molecule has 0 aliphatic heterocycles. The molecule has 0 saturated heterocycles. The lowest BCUT2D eigenvalue weighted by Gasteiger charge is -2.47. The number of nitrogens with one attached hydrogen (secondary N) is 2. The molecule has 170 valence electrons. The lowest BCUT2D eigenvalue weighted by Crippen LogP contribution is -2.47. The molecule has 2 N–H and O–H groups in total. The maximum atomic E-state index is 14.3. The highest BCUT2D eigenvalue weighted by Crippen LogP contribution is 2.46. The molecule has 2 bridgehead atoms. The van der Waals surface area contributed by atoms with Crippen LogP contribution in [0.4, 0.5) is 14.6 Å². The quantitative estimate of drug-likeness (QED) is 0.395. The molecule has 7 rings (SSSR count). The monoisotopic (exact) mass is 447 g/mol. The molecule has 3 aromatic heterocycles. The third-order valence-electron chi connectivity index (χ3n) is 7.75. The molecule has 1 aromatic carbocycles. The Kier molecular flexibility index (Phi) is 4.75. The molecular formula is C26H27F2N5. The van der Waals surface area contributed by atoms with Gasteiger partial charge in [0.25, 0.3) is 0 Å². The second kappa shape index (κ2) is 7.68. The van der Waals surface area contributed by atoms with Gasteiger partial charge < -0.3 is 14.9 Å². The molecule has 0 amide bonds. The van der Waals surface area contributed by atoms with Crippen molar-refractivity contribution in [2.45, 2.75) is 38.6 Å². The van der Waals surface area contributed by atoms with Gasteiger partial charge in [0.1, 0.15) is 17.5 Å². The van der Waals surface area contributed by atoms with Gasteiger partial charge in [-0.05, 0) is 55.6 Å². The van der Waals surface area contributed by atoms with Crippen LogP contribution < -0.4 is 5.32 Å². The SMILES string of the molecule is CC1C2CCC(CC2)C1Nc1cc(-c2ccn(C)c2)nc(-c2c[nH]c3c(F)cc(F)cc23)n1. The number of nitrogens with zero attached hydrogens (tertiary/aromatic N) is 3. The molecule has 4 aromatic rings. The molecule has 33 heavy (non-hydrogen) atoms. The summed E-state index contributed by atoms with van der Waals surface area (Å²) in [7, 11) is 1.97. The van der Waals surface area contributed by atoms with Crippen LogP contribution in [0.1, 0.15) is 32.6 Å². The van der Waals surface area contributed by atoms with Crippen molar-refractivity contribution in [2.75, 3.05) is 5.32 Å². The van der Waals surface area contributed by atoms with Gasteiger partial charge in [0.15, 0.2) is 5.82 Å². The number of aryl methyl sites for hydroxylation is 1. The highest BCUT2D eigenvalue weighted by molar-refractivity contribution is 5.94. The van der Waals surface area contributed by atoms with E-state index in [9.17, 15) is 8.78 Å². The molecule has 3 fully saturated rings. The first-order valence-corrected chi connectivity index (χ1v) is 11.7. The van der Waals surface area contributed by atoms with Gasteiger partial charge in [-0.1, -0.05) is 6.92 Å². The number of aromatic amines is 1. The van der Waals surface area contributed by atoms with E-state index in [0.29, 0.717) is 34.7 Å². The van der Waals surface area contributed by atoms with Gasteiger partial charge in [0, 0.05) is 60.3 Å². The van der Waals surface area contributed by atoms with Gasteiger partial charge in [-0.25, -0.2) is 18.7 Å². The van der Waals surface area contributed by atoms with Crippen LogP contribution in [0.2, 0.25) is 0 Å². The van der Waals surface area contributed by atoms with Crippen LogP contribution in [0.15, 0.2) is 42.9 Å². The number of anilines is 1. The Labute approximate surface area is 191 Å². The Balaban J connectivity index is 1.46. The zero-order chi connectivity index (χ0) is 22.7. The van der Waals surface area contributed by atoms with Crippen molar-refractivity contribution in [2.24, 2.45) is 24.8 Å². The molecule has 0 spiro atoms. The summed E-state index contributed by atoms with van der Waals surface area (Å²) in [4.78, 5) is 12.6. The second-order valence-electron chi connectivity index (χ2n) is 9.74. The zero-order valence-corrected chi connectivity index (χ0v) is 18.8. The van der Waals surface area contributed by atoms with Crippen LogP contribution in [0.25, 0.3) is 33.5 Å². The summed E-state index contributed by atoms with van der Waals surface area (Å²) < 4.78 is 30.3. The van der Waals surface area contributed by atoms with Crippen molar-refractivity contribution >= 4 is 16.7 Å². The van der Waals surface area contributed by atoms with Gasteiger partial charge in [-0.15, -0.1) is 0 Å². The molecule has 2 unspecified atom stereocenters. The highest BCUT2D eigenvalue weighted by Gasteiger charge is 2.41. The maximum Gasteiger partial charge on any atom is 0.164 e. The topological polar surface area (TPSA) is 58.5 Å². The number of halogens is 2. The minimum Gasteiger partial charge on any atom is -0.367 e. The number of hydrogen-bond donors (Lipinski definition) is 2. The molecule has 3 aliphatic carbocycles. The van der Waals surface area contributed by atoms with Crippen LogP contribution in [0.3, 0.4) is 0 Å². The van der Waals surface area contributed by atoms with Crippen LogP contribution in [0, 0.1) is 29.4 Å². The standard InChI is InChI=1S/C26H27F2N5/c1-14-15-3-5-16(6-4-15)24(14)31-23-11-22(17-7-8-33(2)13-17)30-26(32-23)20-12-29-25-19(20)9-18(27)10-21(25)28/h7-16,24,29H,3-6H2,1-2H3,(H,30,31,32). The molecule has 3 saturated carbocycles. The predicted octanol–water partition coefficient (Wildman–Crippen LogP) is 6.15. The first-order valence-electron chi connectivity index (χ1n) is 11.7. The maximum absolute atomic E-state index is 14.3. The Hall–Kier alpha value is -3.22. The van der Waals surface area contributed by atoms with E-state index in [2.05, 4.69) is 17.2 Å². The minimum absolute atomic E-state index is 0.257. The fourth-order valence-electron chi connectivity index (χ4n) is 5.96. The number of benzene rings is 1. The van der Waals surface area contributed by atoms with Gasteiger partial charge in [-0.3, -0.25) is 0 Å². The van der Waals surface area contributed by atoms with Gasteiger partial charge >= 0.3 is 0 Å². The summed E-state index contributed by atoms with van der Waals surface area (Å²) in [6.45, 7) is 2.35. The molecule has 5 nitrogen and oxygen atoms in total. The summed E-state index contributed by atoms with van der Waals surface area (Å²) >= 11 is 0. The van der Waals surface area contributed by atoms with E-state index in [-0.39, 0.29) is 5.52 Å². The lowest BCUT2D eigenvalue weighted by molar-refractivity contribution is 0.0928. The molecular weight excluding hydrogens is 420 g/mol. The summed E-state index contributed by atoms with van der Waals surface area (Å²) in [6, 6.07) is 6.59. The number of aromatic nitrogens is 4. The van der Waals surface area contributed by atoms with E-state index in [0.717, 1.165) is 29.1 Å². The first-order chi connectivity index (χ1) is 16.0. The Morgan fingerprint density at radius 2 is 1.85 bits per heavy atom. The lowest BCUT2D eigenvalue weighted by atomic mass is 9.62. The van der Waals surface area contributed by atoms with E-state index in [1.54, 1.807) is 6.20 Å². The van der Waals surface area contributed by atoms with Crippen molar-refractivity contribution in [3.05, 3.63) is 54.5 Å². The number of fused-ring (bicyclic) bond motifs is 4. The Morgan fingerprint density at radius 3 is 2.58 bits per heavy atom. The fraction of sp³-hybridized carbons (Fsp3) is 0.385. The normalized spacial score (nSPS) is 24.5. The van der Waals surface area contributed by atoms with Crippen LogP contribution in [-0.2, 0) is 7.05 Å². The molecule has 3 heterocycles. The summed E-state index contributed by atoms with van der Waals surface area (Å²) in [6.07, 6.45) is 10.8. The van der Waals surface area contributed by atoms with E-state index in [1.165, 1.54) is 31.7 Å². The van der Waals surface area contributed by atoms with Crippen LogP contribution >= 0.6 is 0 Å². The Morgan fingerprint density at radius 1 is 1.06 bits per heavy atom. The third kappa shape index (κ3) is 3.50. The summed E-state index contributed by atoms with van der Waals surface area (Å²) in [5, 5.41) is 4.17. The van der Waals surface area contributed by atoms with E-state index < -0.39 is 11.6 Å². The molecule has 0 radical (unpaired) electrons. The second-order valence-corrected chi connectivity index (χ2v) is 9.74. The van der Waals surface area contributed by atoms with Crippen LogP contribution in [-0.4, -0.2) is 25.6 Å². The van der Waals surface area contributed by atoms with E-state index in [4.69, 9.17) is 9.97 Å². The number of H-pyrrole nitrogens is 1. The average molecular weight is 448 g/mol. The number of hydrogen-bond acceptors (Lipinski definition) is 3. The van der Waals surface area contributed by atoms with Gasteiger partial charge in [-0.2, -0.15) is 0 Å². The average Bonchev–Trinajstić information content (AvgIpc) is 3.43. The van der Waals surface area contributed by atoms with Crippen molar-refractivity contribution in [3.63, 3.8) is 0 Å². The smallest absolute Gasteiger partial charge is 0.164 e. The van der Waals surface area contributed by atoms with Gasteiger partial charge in [0.2, 0.25) is 0 Å². The van der Waals surface area contributed by atoms with Gasteiger partial charge in [0.05, 0.1) is 11.2 Å². The van der Waals surface area contributed by atoms with Crippen molar-refractivity contribution in [3.8, 4) is 22.6 Å². The van der Waals surface area contributed by atoms with E-state index >= 15 is 0 Å². The first kappa shape index (κ1) is 20.4. The predicted molar refractivity (Wildman–Crippen MR) is 126 cm³/mol. The molecule has 3 aliphatic rings. The third-order valence-corrected chi connectivity index (χ3v) is 7.75. The van der Waals surface area contributed by atoms with Crippen molar-refractivity contribution in [1.29, 1.82) is 0 Å². The molecule has 2 atom stereocenters. The minimum atomic E-state index is -0.624. The molecule has 7 heteroatoms. The largest absolute Gasteiger partial charge is 0.367 e. The van der Waals surface area contributed by atoms with E-state index in [1.807, 2.05) is 36.1 Å². The fourth-order valence-corrected chi connectivity index (χ4v) is 5.96. The Bertz CT molecular complexity index is 1330. The van der Waals surface area contributed by atoms with Crippen molar-refractivity contribution < 1.29 is 8.78 Å². The highest BCUT2D eigenvalue weighted by atomic mass is 19.1. The summed E-state index contributed by atoms with van der Waals surface area (Å²) in [5.41, 5.74) is 2.60. The summed E-state index contributed by atoms with van der Waals surface area (Å²) in [5.74, 6) is 1.97.